The van der Waals surface area contributed by atoms with E-state index in [1.165, 1.54) is 12.3 Å². The Balaban J connectivity index is 1.75. The fourth-order valence-electron chi connectivity index (χ4n) is 4.63. The second kappa shape index (κ2) is 8.90. The van der Waals surface area contributed by atoms with Gasteiger partial charge in [-0.1, -0.05) is 36.0 Å². The molecule has 2 aromatic heterocycles. The normalized spacial score (nSPS) is 14.3. The van der Waals surface area contributed by atoms with Crippen molar-refractivity contribution in [3.05, 3.63) is 71.5 Å². The molecule has 5 N–H and O–H groups in total. The maximum absolute atomic E-state index is 14.1. The molecule has 0 bridgehead atoms. The van der Waals surface area contributed by atoms with Crippen molar-refractivity contribution in [1.82, 2.24) is 14.9 Å². The number of carbonyl (C=O) groups is 2. The second-order valence-corrected chi connectivity index (χ2v) is 9.42. The summed E-state index contributed by atoms with van der Waals surface area (Å²) in [6.45, 7) is 0.337. The molecular weight excluding hydrogens is 491 g/mol. The monoisotopic (exact) mass is 511 g/mol. The minimum Gasteiger partial charge on any atom is -0.379 e. The van der Waals surface area contributed by atoms with Gasteiger partial charge in [0.15, 0.2) is 5.17 Å². The van der Waals surface area contributed by atoms with Crippen LogP contribution in [0.5, 0.6) is 0 Å². The van der Waals surface area contributed by atoms with E-state index in [1.807, 2.05) is 6.07 Å². The number of nitrogens with one attached hydrogen (secondary N) is 3. The van der Waals surface area contributed by atoms with Crippen LogP contribution < -0.4 is 11.1 Å². The fraction of sp³-hybridized carbons (Fsp3) is 0.160. The van der Waals surface area contributed by atoms with Crippen LogP contribution >= 0.6 is 11.8 Å². The van der Waals surface area contributed by atoms with E-state index < -0.39 is 23.6 Å². The molecule has 0 unspecified atom stereocenters. The third-order valence-electron chi connectivity index (χ3n) is 6.07. The molecule has 0 saturated heterocycles. The molecule has 1 aliphatic heterocycles. The number of thioether (sulfide) groups is 1. The summed E-state index contributed by atoms with van der Waals surface area (Å²) in [6, 6.07) is 11.0. The van der Waals surface area contributed by atoms with E-state index in [0.717, 1.165) is 23.3 Å². The Labute approximate surface area is 207 Å². The van der Waals surface area contributed by atoms with E-state index in [0.29, 0.717) is 35.2 Å². The van der Waals surface area contributed by atoms with Gasteiger partial charge >= 0.3 is 6.18 Å². The number of carbonyl (C=O) groups excluding carboxylic acids is 2. The average Bonchev–Trinajstić information content (AvgIpc) is 3.48. The number of para-hydroxylation sites is 1. The SMILES string of the molecule is N=C(N)SCCCn1cc(C2=C(c3c[nH]c4ccccc34)C(=O)NC2=O)c2c(C(F)(F)F)cccc21. The largest absolute Gasteiger partial charge is 0.417 e. The standard InChI is InChI=1S/C25H20F3N5O2S/c26-25(27,28)16-6-3-8-18-19(16)15(12-33(18)9-4-10-36-24(29)30)21-20(22(34)32-23(21)35)14-11-31-17-7-2-1-5-13(14)17/h1-3,5-8,11-12,31H,4,9-10H2,(H3,29,30)(H,32,34,35). The van der Waals surface area contributed by atoms with Gasteiger partial charge in [-0.2, -0.15) is 13.2 Å². The molecule has 0 fully saturated rings. The highest BCUT2D eigenvalue weighted by molar-refractivity contribution is 8.13. The lowest BCUT2D eigenvalue weighted by atomic mass is 9.94. The van der Waals surface area contributed by atoms with Crippen LogP contribution in [-0.4, -0.2) is 32.3 Å². The number of amidine groups is 1. The van der Waals surface area contributed by atoms with Crippen molar-refractivity contribution in [3.8, 4) is 0 Å². The smallest absolute Gasteiger partial charge is 0.379 e. The number of nitrogens with zero attached hydrogens (tertiary/aromatic N) is 1. The molecule has 184 valence electrons. The first kappa shape index (κ1) is 23.7. The van der Waals surface area contributed by atoms with E-state index in [4.69, 9.17) is 11.1 Å². The zero-order chi connectivity index (χ0) is 25.6. The van der Waals surface area contributed by atoms with Gasteiger partial charge in [0.05, 0.1) is 16.7 Å². The summed E-state index contributed by atoms with van der Waals surface area (Å²) in [5, 5.41) is 10.1. The highest BCUT2D eigenvalue weighted by Crippen LogP contribution is 2.43. The van der Waals surface area contributed by atoms with Gasteiger partial charge in [-0.3, -0.25) is 20.3 Å². The van der Waals surface area contributed by atoms with Crippen LogP contribution in [0.15, 0.2) is 54.9 Å². The lowest BCUT2D eigenvalue weighted by Gasteiger charge is -2.11. The lowest BCUT2D eigenvalue weighted by Crippen LogP contribution is -2.22. The van der Waals surface area contributed by atoms with Crippen LogP contribution in [0.25, 0.3) is 33.0 Å². The molecule has 0 spiro atoms. The minimum absolute atomic E-state index is 0.0283. The predicted octanol–water partition coefficient (Wildman–Crippen LogP) is 4.73. The highest BCUT2D eigenvalue weighted by atomic mass is 32.2. The van der Waals surface area contributed by atoms with E-state index in [9.17, 15) is 22.8 Å². The second-order valence-electron chi connectivity index (χ2n) is 8.28. The van der Waals surface area contributed by atoms with Crippen molar-refractivity contribution in [2.45, 2.75) is 19.1 Å². The number of aryl methyl sites for hydroxylation is 1. The zero-order valence-electron chi connectivity index (χ0n) is 18.7. The molecule has 3 heterocycles. The molecule has 0 saturated carbocycles. The number of halogens is 3. The number of H-pyrrole nitrogens is 1. The Morgan fingerprint density at radius 1 is 1.03 bits per heavy atom. The van der Waals surface area contributed by atoms with Crippen LogP contribution in [0.4, 0.5) is 13.2 Å². The Bertz CT molecular complexity index is 1580. The van der Waals surface area contributed by atoms with Crippen molar-refractivity contribution in [3.63, 3.8) is 0 Å². The fourth-order valence-corrected chi connectivity index (χ4v) is 5.12. The Hall–Kier alpha value is -3.99. The maximum Gasteiger partial charge on any atom is 0.417 e. The Morgan fingerprint density at radius 2 is 1.75 bits per heavy atom. The van der Waals surface area contributed by atoms with Crippen LogP contribution in [0, 0.1) is 5.41 Å². The third-order valence-corrected chi connectivity index (χ3v) is 6.88. The maximum atomic E-state index is 14.1. The molecule has 36 heavy (non-hydrogen) atoms. The molecule has 0 atom stereocenters. The van der Waals surface area contributed by atoms with Crippen LogP contribution in [0.3, 0.4) is 0 Å². The van der Waals surface area contributed by atoms with Gasteiger partial charge in [0.1, 0.15) is 0 Å². The molecule has 2 aromatic carbocycles. The molecule has 11 heteroatoms. The van der Waals surface area contributed by atoms with Crippen molar-refractivity contribution in [1.29, 1.82) is 5.41 Å². The van der Waals surface area contributed by atoms with Gasteiger partial charge in [-0.05, 0) is 24.6 Å². The van der Waals surface area contributed by atoms with Gasteiger partial charge in [0, 0.05) is 57.6 Å². The number of hydrogen-bond donors (Lipinski definition) is 4. The van der Waals surface area contributed by atoms with Gasteiger partial charge in [0.25, 0.3) is 11.8 Å². The molecule has 1 aliphatic rings. The number of fused-ring (bicyclic) bond motifs is 2. The Kier molecular flexibility index (Phi) is 5.87. The molecule has 5 rings (SSSR count). The van der Waals surface area contributed by atoms with Gasteiger partial charge < -0.3 is 15.3 Å². The number of rotatable bonds is 6. The third kappa shape index (κ3) is 4.05. The number of aromatic nitrogens is 2. The van der Waals surface area contributed by atoms with Crippen molar-refractivity contribution in [2.75, 3.05) is 5.75 Å². The molecule has 7 nitrogen and oxygen atoms in total. The van der Waals surface area contributed by atoms with Gasteiger partial charge in [0.2, 0.25) is 0 Å². The topological polar surface area (TPSA) is 117 Å². The first-order chi connectivity index (χ1) is 17.2. The lowest BCUT2D eigenvalue weighted by molar-refractivity contribution is -0.136. The van der Waals surface area contributed by atoms with E-state index in [2.05, 4.69) is 10.3 Å². The molecular formula is C25H20F3N5O2S. The van der Waals surface area contributed by atoms with E-state index in [1.54, 1.807) is 35.0 Å². The summed E-state index contributed by atoms with van der Waals surface area (Å²) in [7, 11) is 0. The van der Waals surface area contributed by atoms with Crippen molar-refractivity contribution in [2.24, 2.45) is 5.73 Å². The summed E-state index contributed by atoms with van der Waals surface area (Å²) in [6.07, 6.45) is -1.06. The number of alkyl halides is 3. The first-order valence-corrected chi connectivity index (χ1v) is 12.0. The quantitative estimate of drug-likeness (QED) is 0.130. The molecule has 0 radical (unpaired) electrons. The zero-order valence-corrected chi connectivity index (χ0v) is 19.5. The number of amides is 2. The molecule has 4 aromatic rings. The van der Waals surface area contributed by atoms with Crippen LogP contribution in [-0.2, 0) is 22.3 Å². The van der Waals surface area contributed by atoms with Crippen molar-refractivity contribution >= 4 is 61.7 Å². The van der Waals surface area contributed by atoms with E-state index >= 15 is 0 Å². The molecule has 0 aliphatic carbocycles. The number of nitrogens with two attached hydrogens (primary N) is 1. The summed E-state index contributed by atoms with van der Waals surface area (Å²) >= 11 is 1.14. The van der Waals surface area contributed by atoms with Gasteiger partial charge in [-0.25, -0.2) is 0 Å². The average molecular weight is 512 g/mol. The number of hydrogen-bond acceptors (Lipinski definition) is 4. The Morgan fingerprint density at radius 3 is 2.47 bits per heavy atom. The summed E-state index contributed by atoms with van der Waals surface area (Å²) in [5.74, 6) is -0.905. The molecule has 2 amide bonds. The summed E-state index contributed by atoms with van der Waals surface area (Å²) in [4.78, 5) is 29.0. The summed E-state index contributed by atoms with van der Waals surface area (Å²) in [5.41, 5.74) is 5.93. The summed E-state index contributed by atoms with van der Waals surface area (Å²) < 4.78 is 44.0. The number of imide groups is 1. The van der Waals surface area contributed by atoms with E-state index in [-0.39, 0.29) is 27.3 Å². The predicted molar refractivity (Wildman–Crippen MR) is 134 cm³/mol. The number of benzene rings is 2. The first-order valence-electron chi connectivity index (χ1n) is 11.0. The number of aromatic amines is 1. The van der Waals surface area contributed by atoms with Crippen molar-refractivity contribution < 1.29 is 22.8 Å². The minimum atomic E-state index is -4.68. The van der Waals surface area contributed by atoms with Crippen LogP contribution in [0.2, 0.25) is 0 Å². The van der Waals surface area contributed by atoms with Gasteiger partial charge in [-0.15, -0.1) is 0 Å². The highest BCUT2D eigenvalue weighted by Gasteiger charge is 2.39. The van der Waals surface area contributed by atoms with Crippen LogP contribution in [0.1, 0.15) is 23.1 Å².